The molecule has 4 aromatic rings. The first-order chi connectivity index (χ1) is 20.2. The molecule has 6 rings (SSSR count). The Morgan fingerprint density at radius 1 is 1.07 bits per heavy atom. The molecule has 3 atom stereocenters. The van der Waals surface area contributed by atoms with Gasteiger partial charge in [0.1, 0.15) is 24.2 Å². The molecule has 0 saturated carbocycles. The highest BCUT2D eigenvalue weighted by Gasteiger charge is 2.28. The number of nitrogens with one attached hydrogen (secondary N) is 2. The molecule has 0 radical (unpaired) electrons. The molecule has 3 heterocycles. The second-order valence-corrected chi connectivity index (χ2v) is 11.1. The summed E-state index contributed by atoms with van der Waals surface area (Å²) in [4.78, 5) is 5.66. The van der Waals surface area contributed by atoms with E-state index in [4.69, 9.17) is 18.9 Å². The minimum atomic E-state index is -0.0494. The van der Waals surface area contributed by atoms with Gasteiger partial charge in [-0.1, -0.05) is 36.4 Å². The predicted octanol–water partition coefficient (Wildman–Crippen LogP) is 6.21. The monoisotopic (exact) mass is 555 g/mol. The Morgan fingerprint density at radius 2 is 1.98 bits per heavy atom. The molecule has 7 nitrogen and oxygen atoms in total. The van der Waals surface area contributed by atoms with Crippen LogP contribution in [0.15, 0.2) is 72.9 Å². The van der Waals surface area contributed by atoms with Crippen molar-refractivity contribution in [2.45, 2.75) is 44.5 Å². The van der Waals surface area contributed by atoms with E-state index >= 15 is 0 Å². The Kier molecular flexibility index (Phi) is 8.75. The number of H-pyrrole nitrogens is 1. The third-order valence-electron chi connectivity index (χ3n) is 8.34. The second kappa shape index (κ2) is 13.0. The highest BCUT2D eigenvalue weighted by atomic mass is 16.5. The Balaban J connectivity index is 1.10. The lowest BCUT2D eigenvalue weighted by atomic mass is 9.87. The van der Waals surface area contributed by atoms with Crippen LogP contribution in [0.1, 0.15) is 48.5 Å². The zero-order valence-electron chi connectivity index (χ0n) is 24.1. The van der Waals surface area contributed by atoms with Crippen LogP contribution in [0.4, 0.5) is 5.69 Å². The van der Waals surface area contributed by atoms with E-state index in [0.29, 0.717) is 12.5 Å². The normalized spacial score (nSPS) is 19.5. The zero-order valence-corrected chi connectivity index (χ0v) is 24.1. The fourth-order valence-corrected chi connectivity index (χ4v) is 6.06. The van der Waals surface area contributed by atoms with Gasteiger partial charge in [0.2, 0.25) is 0 Å². The van der Waals surface area contributed by atoms with E-state index in [-0.39, 0.29) is 12.2 Å². The molecule has 2 aliphatic heterocycles. The SMILES string of the molecule is COCCCN1CCOc2ccc(COC3CNCCC3c3ccc(C(C)Oc4cccc5[nH]ccc45)cc3)cc21. The summed E-state index contributed by atoms with van der Waals surface area (Å²) in [5.41, 5.74) is 5.91. The lowest BCUT2D eigenvalue weighted by molar-refractivity contribution is 0.0106. The van der Waals surface area contributed by atoms with E-state index in [2.05, 4.69) is 76.7 Å². The van der Waals surface area contributed by atoms with Crippen LogP contribution in [-0.4, -0.2) is 57.6 Å². The number of aromatic amines is 1. The number of hydrogen-bond acceptors (Lipinski definition) is 6. The summed E-state index contributed by atoms with van der Waals surface area (Å²) in [6.07, 6.45) is 4.06. The molecule has 3 aromatic carbocycles. The first-order valence-electron chi connectivity index (χ1n) is 14.8. The van der Waals surface area contributed by atoms with Crippen LogP contribution in [0.5, 0.6) is 11.5 Å². The van der Waals surface area contributed by atoms with Crippen molar-refractivity contribution in [1.82, 2.24) is 10.3 Å². The van der Waals surface area contributed by atoms with Gasteiger partial charge in [-0.3, -0.25) is 0 Å². The molecule has 1 aromatic heterocycles. The van der Waals surface area contributed by atoms with E-state index in [1.54, 1.807) is 7.11 Å². The van der Waals surface area contributed by atoms with Crippen LogP contribution in [0.2, 0.25) is 0 Å². The van der Waals surface area contributed by atoms with E-state index in [0.717, 1.165) is 80.3 Å². The third kappa shape index (κ3) is 6.38. The molecular formula is C34H41N3O4. The van der Waals surface area contributed by atoms with Crippen LogP contribution >= 0.6 is 0 Å². The summed E-state index contributed by atoms with van der Waals surface area (Å²) >= 11 is 0. The molecule has 1 saturated heterocycles. The Labute approximate surface area is 242 Å². The van der Waals surface area contributed by atoms with Gasteiger partial charge in [0.05, 0.1) is 24.9 Å². The average Bonchev–Trinajstić information content (AvgIpc) is 3.51. The Morgan fingerprint density at radius 3 is 2.85 bits per heavy atom. The van der Waals surface area contributed by atoms with E-state index in [9.17, 15) is 0 Å². The summed E-state index contributed by atoms with van der Waals surface area (Å²) < 4.78 is 24.1. The first-order valence-corrected chi connectivity index (χ1v) is 14.8. The molecule has 0 bridgehead atoms. The number of hydrogen-bond donors (Lipinski definition) is 2. The van der Waals surface area contributed by atoms with Gasteiger partial charge in [-0.05, 0) is 73.3 Å². The lowest BCUT2D eigenvalue weighted by Crippen LogP contribution is -2.41. The van der Waals surface area contributed by atoms with Crippen molar-refractivity contribution in [3.8, 4) is 11.5 Å². The van der Waals surface area contributed by atoms with Gasteiger partial charge in [0.25, 0.3) is 0 Å². The summed E-state index contributed by atoms with van der Waals surface area (Å²) in [5.74, 6) is 2.21. The highest BCUT2D eigenvalue weighted by Crippen LogP contribution is 2.35. The number of ether oxygens (including phenoxy) is 4. The van der Waals surface area contributed by atoms with Crippen molar-refractivity contribution in [3.63, 3.8) is 0 Å². The van der Waals surface area contributed by atoms with Crippen LogP contribution in [0, 0.1) is 0 Å². The van der Waals surface area contributed by atoms with Crippen LogP contribution in [0.25, 0.3) is 10.9 Å². The Hall–Kier alpha value is -3.52. The van der Waals surface area contributed by atoms with Gasteiger partial charge in [0.15, 0.2) is 0 Å². The molecule has 216 valence electrons. The van der Waals surface area contributed by atoms with Gasteiger partial charge in [0, 0.05) is 49.8 Å². The number of anilines is 1. The maximum Gasteiger partial charge on any atom is 0.142 e. The fourth-order valence-electron chi connectivity index (χ4n) is 6.06. The number of benzene rings is 3. The van der Waals surface area contributed by atoms with Gasteiger partial charge >= 0.3 is 0 Å². The molecule has 0 aliphatic carbocycles. The number of aromatic nitrogens is 1. The van der Waals surface area contributed by atoms with Crippen molar-refractivity contribution in [2.24, 2.45) is 0 Å². The number of nitrogens with zero attached hydrogens (tertiary/aromatic N) is 1. The standard InChI is InChI=1S/C34H41N3O4/c1-24(41-32-6-3-5-30-29(32)14-16-36-30)26-8-10-27(11-9-26)28-13-15-35-22-34(28)40-23-25-7-12-33-31(21-25)37(18-20-39-33)17-4-19-38-2/h3,5-12,14,16,21,24,28,34-36H,4,13,15,17-20,22-23H2,1-2H3. The molecular weight excluding hydrogens is 514 g/mol. The van der Waals surface area contributed by atoms with Crippen LogP contribution in [-0.2, 0) is 16.1 Å². The minimum Gasteiger partial charge on any atom is -0.490 e. The largest absolute Gasteiger partial charge is 0.490 e. The molecule has 0 spiro atoms. The summed E-state index contributed by atoms with van der Waals surface area (Å²) in [7, 11) is 1.76. The number of methoxy groups -OCH3 is 1. The maximum atomic E-state index is 6.58. The predicted molar refractivity (Wildman–Crippen MR) is 163 cm³/mol. The van der Waals surface area contributed by atoms with Gasteiger partial charge in [-0.2, -0.15) is 0 Å². The van der Waals surface area contributed by atoms with Crippen molar-refractivity contribution in [2.75, 3.05) is 51.4 Å². The van der Waals surface area contributed by atoms with Crippen molar-refractivity contribution < 1.29 is 18.9 Å². The summed E-state index contributed by atoms with van der Waals surface area (Å²) in [6, 6.07) is 23.6. The number of piperidine rings is 1. The molecule has 0 amide bonds. The fraction of sp³-hybridized carbons (Fsp3) is 0.412. The molecule has 2 aliphatic rings. The molecule has 1 fully saturated rings. The molecule has 41 heavy (non-hydrogen) atoms. The van der Waals surface area contributed by atoms with E-state index in [1.165, 1.54) is 16.7 Å². The van der Waals surface area contributed by atoms with Crippen LogP contribution < -0.4 is 19.7 Å². The quantitative estimate of drug-likeness (QED) is 0.215. The van der Waals surface area contributed by atoms with Crippen molar-refractivity contribution in [3.05, 3.63) is 89.6 Å². The number of fused-ring (bicyclic) bond motifs is 2. The lowest BCUT2D eigenvalue weighted by Gasteiger charge is -2.33. The first kappa shape index (κ1) is 27.6. The molecule has 7 heteroatoms. The maximum absolute atomic E-state index is 6.58. The molecule has 3 unspecified atom stereocenters. The van der Waals surface area contributed by atoms with Crippen molar-refractivity contribution >= 4 is 16.6 Å². The van der Waals surface area contributed by atoms with E-state index in [1.807, 2.05) is 18.3 Å². The Bertz CT molecular complexity index is 1420. The van der Waals surface area contributed by atoms with Gasteiger partial charge < -0.3 is 34.1 Å². The van der Waals surface area contributed by atoms with Gasteiger partial charge in [-0.25, -0.2) is 0 Å². The second-order valence-electron chi connectivity index (χ2n) is 11.1. The summed E-state index contributed by atoms with van der Waals surface area (Å²) in [6.45, 7) is 7.89. The smallest absolute Gasteiger partial charge is 0.142 e. The summed E-state index contributed by atoms with van der Waals surface area (Å²) in [5, 5.41) is 4.65. The third-order valence-corrected chi connectivity index (χ3v) is 8.34. The minimum absolute atomic E-state index is 0.0494. The van der Waals surface area contributed by atoms with Crippen molar-refractivity contribution in [1.29, 1.82) is 0 Å². The van der Waals surface area contributed by atoms with Crippen LogP contribution in [0.3, 0.4) is 0 Å². The molecule has 2 N–H and O–H groups in total. The highest BCUT2D eigenvalue weighted by molar-refractivity contribution is 5.85. The zero-order chi connectivity index (χ0) is 28.0. The average molecular weight is 556 g/mol. The van der Waals surface area contributed by atoms with Gasteiger partial charge in [-0.15, -0.1) is 0 Å². The number of rotatable bonds is 11. The topological polar surface area (TPSA) is 68.0 Å². The van der Waals surface area contributed by atoms with E-state index < -0.39 is 0 Å².